The third-order valence-corrected chi connectivity index (χ3v) is 5.83. The predicted octanol–water partition coefficient (Wildman–Crippen LogP) is 4.45. The van der Waals surface area contributed by atoms with Gasteiger partial charge in [0, 0.05) is 51.2 Å². The van der Waals surface area contributed by atoms with Gasteiger partial charge in [-0.2, -0.15) is 5.26 Å². The minimum absolute atomic E-state index is 0.159. The van der Waals surface area contributed by atoms with Gasteiger partial charge < -0.3 is 9.80 Å². The monoisotopic (exact) mass is 436 g/mol. The van der Waals surface area contributed by atoms with Crippen molar-refractivity contribution in [3.8, 4) is 6.07 Å². The van der Waals surface area contributed by atoms with Crippen LogP contribution < -0.4 is 4.90 Å². The lowest BCUT2D eigenvalue weighted by molar-refractivity contribution is -0.128. The van der Waals surface area contributed by atoms with Crippen molar-refractivity contribution < 1.29 is 4.79 Å². The van der Waals surface area contributed by atoms with E-state index in [0.717, 1.165) is 30.9 Å². The average Bonchev–Trinajstić information content (AvgIpc) is 2.88. The summed E-state index contributed by atoms with van der Waals surface area (Å²) in [5, 5.41) is 9.83. The van der Waals surface area contributed by atoms with Crippen molar-refractivity contribution in [3.63, 3.8) is 0 Å². The fourth-order valence-electron chi connectivity index (χ4n) is 4.02. The van der Waals surface area contributed by atoms with E-state index in [1.54, 1.807) is 11.1 Å². The maximum absolute atomic E-state index is 13.2. The number of anilines is 1. The molecule has 33 heavy (non-hydrogen) atoms. The fraction of sp³-hybridized carbons (Fsp3) is 0.214. The van der Waals surface area contributed by atoms with E-state index in [1.807, 2.05) is 83.8 Å². The van der Waals surface area contributed by atoms with E-state index in [0.29, 0.717) is 19.6 Å². The van der Waals surface area contributed by atoms with Crippen molar-refractivity contribution in [2.45, 2.75) is 13.1 Å². The molecule has 0 saturated carbocycles. The van der Waals surface area contributed by atoms with Crippen LogP contribution in [0, 0.1) is 11.3 Å². The molecule has 1 heterocycles. The van der Waals surface area contributed by atoms with Crippen molar-refractivity contribution in [1.82, 2.24) is 9.80 Å². The van der Waals surface area contributed by atoms with Crippen molar-refractivity contribution in [2.24, 2.45) is 0 Å². The molecule has 166 valence electrons. The van der Waals surface area contributed by atoms with Gasteiger partial charge in [0.1, 0.15) is 11.6 Å². The first-order valence-electron chi connectivity index (χ1n) is 11.3. The summed E-state index contributed by atoms with van der Waals surface area (Å²) in [6.45, 7) is 4.29. The Labute approximate surface area is 195 Å². The molecule has 1 aliphatic rings. The zero-order chi connectivity index (χ0) is 22.9. The summed E-state index contributed by atoms with van der Waals surface area (Å²) in [6.07, 6.45) is 1.70. The highest BCUT2D eigenvalue weighted by Crippen LogP contribution is 2.19. The standard InChI is InChI=1S/C28H28N4O/c29-20-26(23-32(27-14-8-3-9-15-27)22-25-12-6-2-7-13-25)28(33)31-18-16-30(17-19-31)21-24-10-4-1-5-11-24/h1-15,23H,16-19,21-22H2/b26-23-. The number of nitrogens with zero attached hydrogens (tertiary/aromatic N) is 4. The zero-order valence-electron chi connectivity index (χ0n) is 18.7. The second-order valence-corrected chi connectivity index (χ2v) is 8.16. The number of piperazine rings is 1. The Morgan fingerprint density at radius 1 is 0.818 bits per heavy atom. The molecule has 0 aromatic heterocycles. The maximum atomic E-state index is 13.2. The van der Waals surface area contributed by atoms with Gasteiger partial charge in [-0.1, -0.05) is 78.9 Å². The van der Waals surface area contributed by atoms with Crippen LogP contribution in [0.2, 0.25) is 0 Å². The summed E-state index contributed by atoms with van der Waals surface area (Å²) in [6, 6.07) is 32.4. The molecule has 0 unspecified atom stereocenters. The van der Waals surface area contributed by atoms with E-state index in [2.05, 4.69) is 23.1 Å². The van der Waals surface area contributed by atoms with Crippen LogP contribution in [0.5, 0.6) is 0 Å². The molecular weight excluding hydrogens is 408 g/mol. The first-order chi connectivity index (χ1) is 16.2. The summed E-state index contributed by atoms with van der Waals surface area (Å²) < 4.78 is 0. The molecule has 0 spiro atoms. The third kappa shape index (κ3) is 6.09. The highest BCUT2D eigenvalue weighted by atomic mass is 16.2. The van der Waals surface area contributed by atoms with Crippen LogP contribution in [0.25, 0.3) is 0 Å². The van der Waals surface area contributed by atoms with Gasteiger partial charge in [0.05, 0.1) is 0 Å². The molecule has 0 bridgehead atoms. The lowest BCUT2D eigenvalue weighted by atomic mass is 10.1. The molecule has 1 aliphatic heterocycles. The smallest absolute Gasteiger partial charge is 0.266 e. The second-order valence-electron chi connectivity index (χ2n) is 8.16. The third-order valence-electron chi connectivity index (χ3n) is 5.83. The molecular formula is C28H28N4O. The van der Waals surface area contributed by atoms with Crippen LogP contribution in [-0.4, -0.2) is 41.9 Å². The Hall–Kier alpha value is -3.88. The van der Waals surface area contributed by atoms with E-state index in [4.69, 9.17) is 0 Å². The Morgan fingerprint density at radius 3 is 1.94 bits per heavy atom. The second kappa shape index (κ2) is 11.1. The molecule has 0 atom stereocenters. The van der Waals surface area contributed by atoms with E-state index < -0.39 is 0 Å². The van der Waals surface area contributed by atoms with Crippen LogP contribution in [-0.2, 0) is 17.9 Å². The molecule has 0 radical (unpaired) electrons. The Bertz CT molecular complexity index is 1100. The van der Waals surface area contributed by atoms with Gasteiger partial charge in [-0.05, 0) is 23.3 Å². The summed E-state index contributed by atoms with van der Waals surface area (Å²) in [5.74, 6) is -0.203. The molecule has 0 aliphatic carbocycles. The molecule has 1 amide bonds. The van der Waals surface area contributed by atoms with Crippen LogP contribution in [0.3, 0.4) is 0 Å². The number of carbonyl (C=O) groups excluding carboxylic acids is 1. The van der Waals surface area contributed by atoms with E-state index in [-0.39, 0.29) is 11.5 Å². The number of para-hydroxylation sites is 1. The minimum atomic E-state index is -0.203. The predicted molar refractivity (Wildman–Crippen MR) is 131 cm³/mol. The number of benzene rings is 3. The average molecular weight is 437 g/mol. The maximum Gasteiger partial charge on any atom is 0.266 e. The highest BCUT2D eigenvalue weighted by molar-refractivity contribution is 5.97. The van der Waals surface area contributed by atoms with Crippen LogP contribution in [0.15, 0.2) is 103 Å². The lowest BCUT2D eigenvalue weighted by Crippen LogP contribution is -2.48. The zero-order valence-corrected chi connectivity index (χ0v) is 18.7. The Kier molecular flexibility index (Phi) is 7.52. The van der Waals surface area contributed by atoms with Crippen molar-refractivity contribution in [3.05, 3.63) is 114 Å². The quantitative estimate of drug-likeness (QED) is 0.406. The normalized spacial score (nSPS) is 14.5. The number of rotatable bonds is 7. The summed E-state index contributed by atoms with van der Waals surface area (Å²) in [4.78, 5) is 19.3. The topological polar surface area (TPSA) is 50.6 Å². The van der Waals surface area contributed by atoms with Gasteiger partial charge in [-0.15, -0.1) is 0 Å². The van der Waals surface area contributed by atoms with Gasteiger partial charge in [-0.3, -0.25) is 9.69 Å². The summed E-state index contributed by atoms with van der Waals surface area (Å²) in [7, 11) is 0. The van der Waals surface area contributed by atoms with Crippen LogP contribution >= 0.6 is 0 Å². The lowest BCUT2D eigenvalue weighted by Gasteiger charge is -2.34. The largest absolute Gasteiger partial charge is 0.342 e. The molecule has 0 N–H and O–H groups in total. The van der Waals surface area contributed by atoms with E-state index in [1.165, 1.54) is 5.56 Å². The molecule has 4 rings (SSSR count). The first kappa shape index (κ1) is 22.3. The Morgan fingerprint density at radius 2 is 1.36 bits per heavy atom. The SMILES string of the molecule is N#C/C(=C/N(Cc1ccccc1)c1ccccc1)C(=O)N1CCN(Cc2ccccc2)CC1. The minimum Gasteiger partial charge on any atom is -0.342 e. The van der Waals surface area contributed by atoms with Gasteiger partial charge in [0.15, 0.2) is 0 Å². The molecule has 3 aromatic rings. The summed E-state index contributed by atoms with van der Waals surface area (Å²) in [5.41, 5.74) is 3.48. The first-order valence-corrected chi connectivity index (χ1v) is 11.3. The highest BCUT2D eigenvalue weighted by Gasteiger charge is 2.24. The van der Waals surface area contributed by atoms with Gasteiger partial charge in [-0.25, -0.2) is 0 Å². The van der Waals surface area contributed by atoms with Gasteiger partial charge >= 0.3 is 0 Å². The number of carbonyl (C=O) groups is 1. The number of amides is 1. The number of hydrogen-bond donors (Lipinski definition) is 0. The number of hydrogen-bond acceptors (Lipinski definition) is 4. The van der Waals surface area contributed by atoms with Gasteiger partial charge in [0.25, 0.3) is 5.91 Å². The number of nitriles is 1. The van der Waals surface area contributed by atoms with E-state index >= 15 is 0 Å². The Balaban J connectivity index is 1.45. The molecule has 3 aromatic carbocycles. The molecule has 1 saturated heterocycles. The van der Waals surface area contributed by atoms with Gasteiger partial charge in [0.2, 0.25) is 0 Å². The van der Waals surface area contributed by atoms with E-state index in [9.17, 15) is 10.1 Å². The van der Waals surface area contributed by atoms with Crippen molar-refractivity contribution in [2.75, 3.05) is 31.1 Å². The fourth-order valence-corrected chi connectivity index (χ4v) is 4.02. The van der Waals surface area contributed by atoms with Crippen LogP contribution in [0.4, 0.5) is 5.69 Å². The van der Waals surface area contributed by atoms with Crippen LogP contribution in [0.1, 0.15) is 11.1 Å². The van der Waals surface area contributed by atoms with Crippen molar-refractivity contribution >= 4 is 11.6 Å². The summed E-state index contributed by atoms with van der Waals surface area (Å²) >= 11 is 0. The molecule has 5 heteroatoms. The molecule has 5 nitrogen and oxygen atoms in total. The molecule has 1 fully saturated rings. The van der Waals surface area contributed by atoms with Crippen molar-refractivity contribution in [1.29, 1.82) is 5.26 Å².